The van der Waals surface area contributed by atoms with Gasteiger partial charge in [-0.05, 0) is 67.1 Å². The molecule has 11 nitrogen and oxygen atoms in total. The highest BCUT2D eigenvalue weighted by molar-refractivity contribution is 8.17. The van der Waals surface area contributed by atoms with Gasteiger partial charge in [0.15, 0.2) is 6.61 Å². The lowest BCUT2D eigenvalue weighted by Gasteiger charge is -2.37. The number of phenols is 1. The summed E-state index contributed by atoms with van der Waals surface area (Å²) in [7, 11) is -4.15. The minimum absolute atomic E-state index is 0.00743. The van der Waals surface area contributed by atoms with Gasteiger partial charge in [0.05, 0.1) is 10.6 Å². The van der Waals surface area contributed by atoms with Gasteiger partial charge in [0.1, 0.15) is 27.8 Å². The van der Waals surface area contributed by atoms with Gasteiger partial charge >= 0.3 is 5.97 Å². The van der Waals surface area contributed by atoms with Crippen molar-refractivity contribution in [2.24, 2.45) is 11.3 Å². The van der Waals surface area contributed by atoms with E-state index < -0.39 is 57.6 Å². The molecule has 13 heteroatoms. The van der Waals surface area contributed by atoms with Crippen molar-refractivity contribution in [3.8, 4) is 11.5 Å². The average Bonchev–Trinajstić information content (AvgIpc) is 3.18. The van der Waals surface area contributed by atoms with Crippen LogP contribution in [0.5, 0.6) is 11.5 Å². The number of rotatable bonds is 16. The first-order valence-corrected chi connectivity index (χ1v) is 19.5. The molecule has 0 unspecified atom stereocenters. The van der Waals surface area contributed by atoms with Crippen molar-refractivity contribution >= 4 is 55.4 Å². The number of anilines is 2. The van der Waals surface area contributed by atoms with Gasteiger partial charge < -0.3 is 30.5 Å². The predicted octanol–water partition coefficient (Wildman–Crippen LogP) is 6.78. The first kappa shape index (κ1) is 40.3. The number of hydrogen-bond acceptors (Lipinski definition) is 9. The Labute approximate surface area is 311 Å². The third-order valence-electron chi connectivity index (χ3n) is 9.44. The molecular weight excluding hydrogens is 703 g/mol. The molecule has 0 radical (unpaired) electrons. The first-order valence-electron chi connectivity index (χ1n) is 17.7. The van der Waals surface area contributed by atoms with Gasteiger partial charge in [0.2, 0.25) is 15.7 Å². The molecule has 52 heavy (non-hydrogen) atoms. The molecule has 1 aliphatic heterocycles. The highest BCUT2D eigenvalue weighted by Crippen LogP contribution is 2.48. The van der Waals surface area contributed by atoms with Crippen LogP contribution in [0.4, 0.5) is 11.4 Å². The summed E-state index contributed by atoms with van der Waals surface area (Å²) in [6.07, 6.45) is 4.67. The highest BCUT2D eigenvalue weighted by Gasteiger charge is 2.47. The summed E-state index contributed by atoms with van der Waals surface area (Å²) in [5, 5.41) is 24.5. The van der Waals surface area contributed by atoms with E-state index in [1.165, 1.54) is 30.3 Å². The molecule has 3 aromatic rings. The lowest BCUT2D eigenvalue weighted by molar-refractivity contribution is -0.143. The van der Waals surface area contributed by atoms with Crippen LogP contribution in [0.3, 0.4) is 0 Å². The molecular formula is C39H49N3O8S2. The Morgan fingerprint density at radius 1 is 0.962 bits per heavy atom. The summed E-state index contributed by atoms with van der Waals surface area (Å²) >= 11 is 5.93. The van der Waals surface area contributed by atoms with Crippen molar-refractivity contribution in [1.82, 2.24) is 10.6 Å². The van der Waals surface area contributed by atoms with Crippen molar-refractivity contribution in [2.45, 2.75) is 90.1 Å². The third kappa shape index (κ3) is 9.11. The quantitative estimate of drug-likeness (QED) is 0.115. The maximum atomic E-state index is 14.5. The van der Waals surface area contributed by atoms with Gasteiger partial charge in [0, 0.05) is 23.7 Å². The van der Waals surface area contributed by atoms with E-state index in [2.05, 4.69) is 24.5 Å². The largest absolute Gasteiger partial charge is 0.508 e. The molecule has 0 aromatic heterocycles. The fourth-order valence-electron chi connectivity index (χ4n) is 6.49. The van der Waals surface area contributed by atoms with E-state index in [-0.39, 0.29) is 20.6 Å². The fourth-order valence-corrected chi connectivity index (χ4v) is 8.78. The standard InChI is InChI=1S/C39H49N3O8S2/c1-6-8-19-39(20-9-7-2)24-42(28-13-11-10-12-14-28)30-21-26(5)31(22-32(30)52(48,49)38(39)51)50-23-33(44)40-35(27-15-17-29(43)18-16-27)36(45)41-34(25(3)4)37(46)47/h10-18,21-22,25,34-35,43H,6-9,19-20,23-24H2,1-5H3,(H,40,44)(H,41,45)(H,46,47)/t34-,35+/m0/s1. The fraction of sp³-hybridized carbons (Fsp3) is 0.436. The maximum absolute atomic E-state index is 14.5. The molecule has 1 aliphatic rings. The van der Waals surface area contributed by atoms with E-state index in [9.17, 15) is 33.0 Å². The van der Waals surface area contributed by atoms with Crippen LogP contribution in [0.25, 0.3) is 0 Å². The Morgan fingerprint density at radius 2 is 1.58 bits per heavy atom. The molecule has 3 aromatic carbocycles. The zero-order valence-corrected chi connectivity index (χ0v) is 32.0. The summed E-state index contributed by atoms with van der Waals surface area (Å²) in [6, 6.07) is 15.8. The van der Waals surface area contributed by atoms with Crippen molar-refractivity contribution < 1.29 is 37.8 Å². The van der Waals surface area contributed by atoms with Gasteiger partial charge in [-0.15, -0.1) is 0 Å². The van der Waals surface area contributed by atoms with Crippen LogP contribution in [0.15, 0.2) is 71.6 Å². The number of aromatic hydroxyl groups is 1. The number of hydrogen-bond donors (Lipinski definition) is 4. The Hall–Kier alpha value is -4.49. The Balaban J connectivity index is 1.69. The molecule has 0 saturated carbocycles. The number of carbonyl (C=O) groups is 3. The number of aryl methyl sites for hydroxylation is 1. The van der Waals surface area contributed by atoms with Crippen LogP contribution >= 0.6 is 12.2 Å². The molecule has 0 bridgehead atoms. The number of thiocarbonyl (C=S) groups is 1. The number of amides is 2. The first-order chi connectivity index (χ1) is 24.6. The summed E-state index contributed by atoms with van der Waals surface area (Å²) in [4.78, 5) is 40.5. The minimum atomic E-state index is -4.15. The monoisotopic (exact) mass is 751 g/mol. The van der Waals surface area contributed by atoms with Crippen LogP contribution in [-0.2, 0) is 24.2 Å². The molecule has 2 atom stereocenters. The third-order valence-corrected chi connectivity index (χ3v) is 12.4. The molecule has 0 saturated heterocycles. The van der Waals surface area contributed by atoms with Gasteiger partial charge in [0.25, 0.3) is 5.91 Å². The van der Waals surface area contributed by atoms with E-state index in [1.54, 1.807) is 26.8 Å². The zero-order chi connectivity index (χ0) is 38.2. The second-order valence-electron chi connectivity index (χ2n) is 13.7. The average molecular weight is 752 g/mol. The van der Waals surface area contributed by atoms with Crippen LogP contribution in [0.2, 0.25) is 0 Å². The summed E-state index contributed by atoms with van der Waals surface area (Å²) < 4.78 is 35.0. The number of phenolic OH excluding ortho intramolecular Hbond substituents is 1. The molecule has 0 spiro atoms. The van der Waals surface area contributed by atoms with Crippen LogP contribution in [0, 0.1) is 18.3 Å². The van der Waals surface area contributed by atoms with E-state index >= 15 is 0 Å². The van der Waals surface area contributed by atoms with Crippen molar-refractivity contribution in [1.29, 1.82) is 0 Å². The van der Waals surface area contributed by atoms with Crippen LogP contribution < -0.4 is 20.3 Å². The van der Waals surface area contributed by atoms with Crippen molar-refractivity contribution in [3.05, 3.63) is 77.9 Å². The molecule has 0 fully saturated rings. The van der Waals surface area contributed by atoms with Crippen molar-refractivity contribution in [2.75, 3.05) is 18.1 Å². The highest BCUT2D eigenvalue weighted by atomic mass is 32.2. The van der Waals surface area contributed by atoms with E-state index in [0.717, 1.165) is 31.4 Å². The molecule has 4 N–H and O–H groups in total. The summed E-state index contributed by atoms with van der Waals surface area (Å²) in [5.74, 6) is -3.07. The summed E-state index contributed by atoms with van der Waals surface area (Å²) in [5.41, 5.74) is 1.41. The number of para-hydroxylation sites is 1. The smallest absolute Gasteiger partial charge is 0.326 e. The van der Waals surface area contributed by atoms with Crippen molar-refractivity contribution in [3.63, 3.8) is 0 Å². The number of nitrogens with one attached hydrogen (secondary N) is 2. The lowest BCUT2D eigenvalue weighted by atomic mass is 9.79. The SMILES string of the molecule is CCCCC1(CCCC)CN(c2ccccc2)c2cc(C)c(OCC(=O)N[C@@H](C(=O)N[C@H](C(=O)O)C(C)C)c3ccc(O)cc3)cc2S(=O)(=O)C1=S. The number of aliphatic carboxylic acids is 1. The number of benzene rings is 3. The van der Waals surface area contributed by atoms with Crippen LogP contribution in [-0.4, -0.2) is 59.8 Å². The zero-order valence-electron chi connectivity index (χ0n) is 30.3. The van der Waals surface area contributed by atoms with E-state index in [1.807, 2.05) is 35.2 Å². The van der Waals surface area contributed by atoms with Gasteiger partial charge in [-0.25, -0.2) is 13.2 Å². The maximum Gasteiger partial charge on any atom is 0.326 e. The molecule has 280 valence electrons. The molecule has 1 heterocycles. The Kier molecular flexibility index (Phi) is 13.4. The van der Waals surface area contributed by atoms with Gasteiger partial charge in [-0.3, -0.25) is 9.59 Å². The predicted molar refractivity (Wildman–Crippen MR) is 205 cm³/mol. The summed E-state index contributed by atoms with van der Waals surface area (Å²) in [6.45, 7) is 9.01. The van der Waals surface area contributed by atoms with Gasteiger partial charge in [-0.2, -0.15) is 0 Å². The molecule has 4 rings (SSSR count). The number of carbonyl (C=O) groups excluding carboxylic acids is 2. The number of carboxylic acids is 1. The number of nitrogens with zero attached hydrogens (tertiary/aromatic N) is 1. The van der Waals surface area contributed by atoms with Gasteiger partial charge in [-0.1, -0.05) is 95.9 Å². The van der Waals surface area contributed by atoms with E-state index in [4.69, 9.17) is 17.0 Å². The normalized spacial score (nSPS) is 16.0. The number of carboxylic acid groups (broad SMARTS) is 1. The number of ether oxygens (including phenoxy) is 1. The second-order valence-corrected chi connectivity index (χ2v) is 16.3. The number of unbranched alkanes of at least 4 members (excludes halogenated alkanes) is 2. The number of fused-ring (bicyclic) bond motifs is 1. The Bertz CT molecular complexity index is 1860. The second kappa shape index (κ2) is 17.4. The van der Waals surface area contributed by atoms with Crippen LogP contribution in [0.1, 0.15) is 83.4 Å². The minimum Gasteiger partial charge on any atom is -0.508 e. The lowest BCUT2D eigenvalue weighted by Crippen LogP contribution is -2.49. The topological polar surface area (TPSA) is 162 Å². The molecule has 0 aliphatic carbocycles. The Morgan fingerprint density at radius 3 is 2.13 bits per heavy atom. The molecule has 2 amide bonds. The van der Waals surface area contributed by atoms with E-state index in [0.29, 0.717) is 36.2 Å². The number of sulfone groups is 1.